The van der Waals surface area contributed by atoms with Crippen molar-refractivity contribution in [3.63, 3.8) is 0 Å². The molecule has 1 aliphatic rings. The van der Waals surface area contributed by atoms with Crippen molar-refractivity contribution >= 4 is 6.41 Å². The van der Waals surface area contributed by atoms with Crippen molar-refractivity contribution in [1.29, 1.82) is 0 Å². The maximum Gasteiger partial charge on any atom is 0.207 e. The molecule has 0 atom stereocenters. The first-order chi connectivity index (χ1) is 23.5. The number of nitrogens with one attached hydrogen (secondary N) is 1. The van der Waals surface area contributed by atoms with Crippen LogP contribution in [0.4, 0.5) is 0 Å². The van der Waals surface area contributed by atoms with Gasteiger partial charge in [0.1, 0.15) is 24.7 Å². The van der Waals surface area contributed by atoms with Crippen LogP contribution in [-0.4, -0.2) is 36.6 Å². The molecule has 0 saturated heterocycles. The minimum absolute atomic E-state index is 0.437. The Morgan fingerprint density at radius 1 is 0.854 bits per heavy atom. The maximum absolute atomic E-state index is 9.29. The smallest absolute Gasteiger partial charge is 0.207 e. The Bertz CT molecular complexity index is 1720. The largest absolute Gasteiger partial charge is 0.488 e. The summed E-state index contributed by atoms with van der Waals surface area (Å²) >= 11 is 0. The van der Waals surface area contributed by atoms with Gasteiger partial charge in [0.25, 0.3) is 0 Å². The lowest BCUT2D eigenvalue weighted by atomic mass is 9.92. The first-order valence-corrected chi connectivity index (χ1v) is 16.9. The summed E-state index contributed by atoms with van der Waals surface area (Å²) in [4.78, 5) is 11.7. The predicted molar refractivity (Wildman–Crippen MR) is 194 cm³/mol. The summed E-state index contributed by atoms with van der Waals surface area (Å²) in [5.74, 6) is 2.26. The van der Waals surface area contributed by atoms with Gasteiger partial charge in [-0.1, -0.05) is 105 Å². The van der Waals surface area contributed by atoms with Crippen LogP contribution in [0.15, 0.2) is 95.5 Å². The number of fused-ring (bicyclic) bond motifs is 1. The number of hydrogen-bond donors (Lipinski definition) is 1. The first-order valence-electron chi connectivity index (χ1n) is 16.9. The number of ether oxygens (including phenoxy) is 2. The van der Waals surface area contributed by atoms with Crippen molar-refractivity contribution in [3.05, 3.63) is 125 Å². The van der Waals surface area contributed by atoms with Crippen LogP contribution in [0.3, 0.4) is 0 Å². The van der Waals surface area contributed by atoms with Gasteiger partial charge in [0.05, 0.1) is 16.8 Å². The van der Waals surface area contributed by atoms with E-state index >= 15 is 0 Å². The molecule has 0 bridgehead atoms. The summed E-state index contributed by atoms with van der Waals surface area (Å²) < 4.78 is 18.9. The van der Waals surface area contributed by atoms with Crippen LogP contribution in [0.25, 0.3) is 22.5 Å². The van der Waals surface area contributed by atoms with E-state index in [4.69, 9.17) is 14.0 Å². The fraction of sp³-hybridized carbons (Fsp3) is 0.317. The number of rotatable bonds is 11. The Hall–Kier alpha value is -4.88. The summed E-state index contributed by atoms with van der Waals surface area (Å²) in [6.07, 6.45) is 2.53. The molecule has 0 unspecified atom stereocenters. The number of hydrogen-bond acceptors (Lipinski definition) is 6. The molecular weight excluding hydrogens is 598 g/mol. The van der Waals surface area contributed by atoms with Gasteiger partial charge in [0.2, 0.25) is 6.41 Å². The number of aryl methyl sites for hydroxylation is 2. The second-order valence-electron chi connectivity index (χ2n) is 11.5. The molecule has 7 heteroatoms. The topological polar surface area (TPSA) is 76.8 Å². The molecule has 0 aliphatic carbocycles. The summed E-state index contributed by atoms with van der Waals surface area (Å²) in [7, 11) is 2.18. The number of likely N-dealkylation sites (N-methyl/N-ethyl adjacent to an activating group) is 1. The molecule has 48 heavy (non-hydrogen) atoms. The van der Waals surface area contributed by atoms with E-state index in [1.54, 1.807) is 0 Å². The number of benzene rings is 4. The minimum atomic E-state index is 0.437. The van der Waals surface area contributed by atoms with Crippen molar-refractivity contribution < 1.29 is 18.8 Å². The van der Waals surface area contributed by atoms with E-state index in [0.717, 1.165) is 83.1 Å². The molecule has 1 aromatic heterocycles. The molecule has 1 amide bonds. The predicted octanol–water partition coefficient (Wildman–Crippen LogP) is 8.80. The van der Waals surface area contributed by atoms with Crippen LogP contribution in [0.2, 0.25) is 0 Å². The first kappa shape index (κ1) is 36.0. The molecule has 6 rings (SSSR count). The zero-order valence-corrected chi connectivity index (χ0v) is 29.2. The van der Waals surface area contributed by atoms with Crippen molar-refractivity contribution in [2.45, 2.75) is 67.2 Å². The van der Waals surface area contributed by atoms with Gasteiger partial charge in [0, 0.05) is 25.7 Å². The Morgan fingerprint density at radius 2 is 1.50 bits per heavy atom. The lowest BCUT2D eigenvalue weighted by Gasteiger charge is -2.25. The van der Waals surface area contributed by atoms with Gasteiger partial charge >= 0.3 is 0 Å². The normalized spacial score (nSPS) is 12.0. The third-order valence-electron chi connectivity index (χ3n) is 8.11. The van der Waals surface area contributed by atoms with Gasteiger partial charge in [-0.05, 0) is 73.2 Å². The fourth-order valence-electron chi connectivity index (χ4n) is 5.61. The molecule has 2 heterocycles. The SMILES string of the molecule is CC.CCNC=O.CCc1cc(-c2onc(C)c2-c2ccc3c(c2)CCN(C)C3)c(OCc2ccccc2)cc1OCc1ccccc1. The monoisotopic (exact) mass is 647 g/mol. The molecule has 7 nitrogen and oxygen atoms in total. The molecule has 1 N–H and O–H groups in total. The molecule has 252 valence electrons. The molecule has 0 fully saturated rings. The molecular formula is C41H49N3O4. The fourth-order valence-corrected chi connectivity index (χ4v) is 5.61. The molecule has 5 aromatic rings. The quantitative estimate of drug-likeness (QED) is 0.144. The lowest BCUT2D eigenvalue weighted by molar-refractivity contribution is -0.109. The van der Waals surface area contributed by atoms with E-state index < -0.39 is 0 Å². The average Bonchev–Trinajstić information content (AvgIpc) is 3.52. The highest BCUT2D eigenvalue weighted by atomic mass is 16.5. The van der Waals surface area contributed by atoms with Crippen LogP contribution in [0, 0.1) is 6.92 Å². The van der Waals surface area contributed by atoms with E-state index in [-0.39, 0.29) is 0 Å². The molecule has 4 aromatic carbocycles. The van der Waals surface area contributed by atoms with Gasteiger partial charge in [-0.15, -0.1) is 0 Å². The lowest BCUT2D eigenvalue weighted by Crippen LogP contribution is -2.26. The zero-order valence-electron chi connectivity index (χ0n) is 29.2. The van der Waals surface area contributed by atoms with E-state index in [1.165, 1.54) is 11.1 Å². The molecule has 1 aliphatic heterocycles. The van der Waals surface area contributed by atoms with Crippen LogP contribution < -0.4 is 14.8 Å². The summed E-state index contributed by atoms with van der Waals surface area (Å²) in [5.41, 5.74) is 9.98. The van der Waals surface area contributed by atoms with E-state index in [9.17, 15) is 4.79 Å². The van der Waals surface area contributed by atoms with E-state index in [1.807, 2.05) is 70.2 Å². The highest BCUT2D eigenvalue weighted by Gasteiger charge is 2.24. The minimum Gasteiger partial charge on any atom is -0.488 e. The number of nitrogens with zero attached hydrogens (tertiary/aromatic N) is 2. The van der Waals surface area contributed by atoms with Gasteiger partial charge in [0.15, 0.2) is 5.76 Å². The Morgan fingerprint density at radius 3 is 2.08 bits per heavy atom. The third kappa shape index (κ3) is 9.35. The van der Waals surface area contributed by atoms with Gasteiger partial charge in [-0.2, -0.15) is 0 Å². The standard InChI is InChI=1S/C36H36N2O3.C3H7NO.C2H6/c1-4-28-20-32(36-35(25(2)37-41-36)30-15-16-31-22-38(3)18-17-29(31)19-30)34(40-24-27-13-9-6-10-14-27)21-33(28)39-23-26-11-7-5-8-12-26;1-2-4-3-5;1-2/h5-16,19-21H,4,17-18,22-24H2,1-3H3;3H,2H2,1H3,(H,4,5);1-2H3. The highest BCUT2D eigenvalue weighted by Crippen LogP contribution is 2.43. The van der Waals surface area contributed by atoms with Gasteiger partial charge in [-0.3, -0.25) is 4.79 Å². The second-order valence-corrected chi connectivity index (χ2v) is 11.5. The molecule has 0 spiro atoms. The van der Waals surface area contributed by atoms with E-state index in [0.29, 0.717) is 25.4 Å². The highest BCUT2D eigenvalue weighted by molar-refractivity contribution is 5.85. The maximum atomic E-state index is 9.29. The third-order valence-corrected chi connectivity index (χ3v) is 8.11. The number of carbonyl (C=O) groups excluding carboxylic acids is 1. The Labute approximate surface area is 285 Å². The summed E-state index contributed by atoms with van der Waals surface area (Å²) in [6.45, 7) is 13.7. The van der Waals surface area contributed by atoms with Crippen LogP contribution in [-0.2, 0) is 37.4 Å². The molecule has 0 saturated carbocycles. The van der Waals surface area contributed by atoms with Gasteiger partial charge in [-0.25, -0.2) is 0 Å². The van der Waals surface area contributed by atoms with Crippen molar-refractivity contribution in [3.8, 4) is 33.9 Å². The zero-order chi connectivity index (χ0) is 34.3. The number of amides is 1. The molecule has 0 radical (unpaired) electrons. The van der Waals surface area contributed by atoms with Crippen LogP contribution in [0.5, 0.6) is 11.5 Å². The van der Waals surface area contributed by atoms with Crippen LogP contribution in [0.1, 0.15) is 61.2 Å². The summed E-state index contributed by atoms with van der Waals surface area (Å²) in [5, 5.41) is 6.87. The van der Waals surface area contributed by atoms with Crippen LogP contribution >= 0.6 is 0 Å². The number of carbonyl (C=O) groups is 1. The average molecular weight is 648 g/mol. The number of aromatic nitrogens is 1. The second kappa shape index (κ2) is 18.5. The Kier molecular flexibility index (Phi) is 13.8. The van der Waals surface area contributed by atoms with Gasteiger partial charge < -0.3 is 24.2 Å². The summed E-state index contributed by atoms with van der Waals surface area (Å²) in [6, 6.07) is 31.4. The van der Waals surface area contributed by atoms with E-state index in [2.05, 4.69) is 77.9 Å². The van der Waals surface area contributed by atoms with Crippen molar-refractivity contribution in [1.82, 2.24) is 15.4 Å². The van der Waals surface area contributed by atoms with Crippen molar-refractivity contribution in [2.24, 2.45) is 0 Å². The Balaban J connectivity index is 0.000000682. The van der Waals surface area contributed by atoms with Crippen molar-refractivity contribution in [2.75, 3.05) is 20.1 Å².